The van der Waals surface area contributed by atoms with E-state index in [1.54, 1.807) is 67.0 Å². The van der Waals surface area contributed by atoms with Crippen LogP contribution >= 0.6 is 35.6 Å². The molecule has 9 nitrogen and oxygen atoms in total. The fourth-order valence-electron chi connectivity index (χ4n) is 5.61. The molecule has 3 heterocycles. The zero-order chi connectivity index (χ0) is 37.0. The van der Waals surface area contributed by atoms with Gasteiger partial charge in [0.2, 0.25) is 11.8 Å². The van der Waals surface area contributed by atoms with Crippen molar-refractivity contribution in [2.24, 2.45) is 0 Å². The van der Waals surface area contributed by atoms with E-state index in [0.29, 0.717) is 65.2 Å². The largest absolute Gasteiger partial charge is 0.488 e. The molecule has 1 saturated heterocycles. The first-order chi connectivity index (χ1) is 25.8. The molecule has 1 amide bonds. The average molecular weight is 783 g/mol. The molecule has 0 atom stereocenters. The van der Waals surface area contributed by atoms with Crippen molar-refractivity contribution in [1.82, 2.24) is 19.8 Å². The van der Waals surface area contributed by atoms with Gasteiger partial charge in [0.1, 0.15) is 29.9 Å². The number of rotatable bonds is 13. The van der Waals surface area contributed by atoms with Crippen molar-refractivity contribution in [3.8, 4) is 29.2 Å². The van der Waals surface area contributed by atoms with Crippen LogP contribution in [-0.2, 0) is 17.9 Å². The summed E-state index contributed by atoms with van der Waals surface area (Å²) < 4.78 is 17.5. The molecule has 2 aromatic heterocycles. The number of piperazine rings is 1. The molecule has 6 rings (SSSR count). The van der Waals surface area contributed by atoms with Crippen LogP contribution in [-0.4, -0.2) is 58.5 Å². The Morgan fingerprint density at radius 2 is 1.54 bits per heavy atom. The fraction of sp³-hybridized carbons (Fsp3) is 0.190. The molecule has 0 spiro atoms. The maximum absolute atomic E-state index is 13.0. The summed E-state index contributed by atoms with van der Waals surface area (Å²) >= 11 is 12.4. The maximum atomic E-state index is 13.0. The van der Waals surface area contributed by atoms with Crippen LogP contribution in [0.1, 0.15) is 33.4 Å². The lowest BCUT2D eigenvalue weighted by Gasteiger charge is -2.34. The van der Waals surface area contributed by atoms with Crippen molar-refractivity contribution < 1.29 is 19.0 Å². The van der Waals surface area contributed by atoms with E-state index in [2.05, 4.69) is 45.2 Å². The van der Waals surface area contributed by atoms with Gasteiger partial charge in [-0.3, -0.25) is 9.69 Å². The second kappa shape index (κ2) is 19.6. The van der Waals surface area contributed by atoms with E-state index in [1.165, 1.54) is 5.56 Å². The smallest absolute Gasteiger partial charge is 0.246 e. The molecule has 54 heavy (non-hydrogen) atoms. The van der Waals surface area contributed by atoms with Gasteiger partial charge in [-0.05, 0) is 89.4 Å². The third-order valence-electron chi connectivity index (χ3n) is 8.50. The van der Waals surface area contributed by atoms with E-state index in [0.717, 1.165) is 41.9 Å². The van der Waals surface area contributed by atoms with Crippen LogP contribution in [0, 0.1) is 18.3 Å². The summed E-state index contributed by atoms with van der Waals surface area (Å²) in [6.45, 7) is 6.43. The van der Waals surface area contributed by atoms with Gasteiger partial charge in [-0.15, -0.1) is 12.4 Å². The van der Waals surface area contributed by atoms with Crippen LogP contribution in [0.25, 0.3) is 12.2 Å². The van der Waals surface area contributed by atoms with Crippen molar-refractivity contribution in [1.29, 1.82) is 5.26 Å². The molecule has 276 valence electrons. The molecule has 3 aromatic carbocycles. The molecule has 0 radical (unpaired) electrons. The van der Waals surface area contributed by atoms with Gasteiger partial charge in [0.15, 0.2) is 5.75 Å². The number of ether oxygens (including phenoxy) is 3. The Bertz CT molecular complexity index is 2070. The van der Waals surface area contributed by atoms with E-state index in [1.807, 2.05) is 42.2 Å². The quantitative estimate of drug-likeness (QED) is 0.0862. The van der Waals surface area contributed by atoms with Crippen LogP contribution in [0.3, 0.4) is 0 Å². The normalized spacial score (nSPS) is 13.0. The van der Waals surface area contributed by atoms with Gasteiger partial charge in [0.05, 0.1) is 29.0 Å². The first kappa shape index (κ1) is 39.8. The highest BCUT2D eigenvalue weighted by Crippen LogP contribution is 2.34. The third-order valence-corrected chi connectivity index (χ3v) is 9.01. The van der Waals surface area contributed by atoms with Crippen LogP contribution in [0.15, 0.2) is 109 Å². The van der Waals surface area contributed by atoms with E-state index in [4.69, 9.17) is 42.7 Å². The standard InChI is InChI=1S/C42H37Cl2N5O4.ClH/c1-30-23-35(24-38(43)42(30)53-40-16-14-37(27-47-40)52-29-34-10-6-32(25-45)7-11-34)12-17-41(50)49-20-18-48(19-21-49)28-33-8-4-31(5-9-33)3-2-22-51-36-13-15-39(44)46-26-36;/h2-17,23-24,26-27H,18-22,28-29H2,1H3;1H/b3-2+,17-12+;. The van der Waals surface area contributed by atoms with E-state index in [-0.39, 0.29) is 18.3 Å². The van der Waals surface area contributed by atoms with Gasteiger partial charge in [0, 0.05) is 44.9 Å². The number of halogens is 3. The molecule has 0 bridgehead atoms. The summed E-state index contributed by atoms with van der Waals surface area (Å²) in [4.78, 5) is 25.6. The number of aryl methyl sites for hydroxylation is 1. The highest BCUT2D eigenvalue weighted by Gasteiger charge is 2.20. The minimum Gasteiger partial charge on any atom is -0.488 e. The first-order valence-corrected chi connectivity index (χ1v) is 17.8. The van der Waals surface area contributed by atoms with Gasteiger partial charge in [-0.25, -0.2) is 9.97 Å². The van der Waals surface area contributed by atoms with Crippen LogP contribution < -0.4 is 14.2 Å². The summed E-state index contributed by atoms with van der Waals surface area (Å²) in [7, 11) is 0. The summed E-state index contributed by atoms with van der Waals surface area (Å²) in [5, 5.41) is 9.81. The van der Waals surface area contributed by atoms with Gasteiger partial charge < -0.3 is 19.1 Å². The second-order valence-corrected chi connectivity index (χ2v) is 13.2. The monoisotopic (exact) mass is 781 g/mol. The van der Waals surface area contributed by atoms with Crippen LogP contribution in [0.5, 0.6) is 23.1 Å². The Labute approximate surface area is 331 Å². The third kappa shape index (κ3) is 11.6. The van der Waals surface area contributed by atoms with Gasteiger partial charge in [-0.1, -0.05) is 65.7 Å². The van der Waals surface area contributed by atoms with E-state index < -0.39 is 0 Å². The Hall–Kier alpha value is -5.37. The minimum atomic E-state index is -0.0307. The van der Waals surface area contributed by atoms with Crippen LogP contribution in [0.2, 0.25) is 10.2 Å². The lowest BCUT2D eigenvalue weighted by Crippen LogP contribution is -2.47. The van der Waals surface area contributed by atoms with Crippen molar-refractivity contribution in [3.05, 3.63) is 153 Å². The number of hydrogen-bond acceptors (Lipinski definition) is 8. The number of carbonyl (C=O) groups is 1. The predicted molar refractivity (Wildman–Crippen MR) is 214 cm³/mol. The molecule has 0 aliphatic carbocycles. The Morgan fingerprint density at radius 1 is 0.833 bits per heavy atom. The van der Waals surface area contributed by atoms with Crippen LogP contribution in [0.4, 0.5) is 0 Å². The van der Waals surface area contributed by atoms with Gasteiger partial charge >= 0.3 is 0 Å². The molecular formula is C42H38Cl3N5O4. The topological polar surface area (TPSA) is 101 Å². The molecule has 0 unspecified atom stereocenters. The lowest BCUT2D eigenvalue weighted by molar-refractivity contribution is -0.127. The first-order valence-electron chi connectivity index (χ1n) is 17.1. The number of aromatic nitrogens is 2. The number of benzene rings is 3. The van der Waals surface area contributed by atoms with Crippen molar-refractivity contribution in [2.45, 2.75) is 20.1 Å². The zero-order valence-corrected chi connectivity index (χ0v) is 31.9. The SMILES string of the molecule is Cc1cc(/C=C/C(=O)N2CCN(Cc3ccc(/C=C/COc4ccc(Cl)nc4)cc3)CC2)cc(Cl)c1Oc1ccc(OCc2ccc(C#N)cc2)cn1.Cl. The van der Waals surface area contributed by atoms with E-state index in [9.17, 15) is 4.79 Å². The minimum absolute atomic E-state index is 0. The highest BCUT2D eigenvalue weighted by atomic mass is 35.5. The highest BCUT2D eigenvalue weighted by molar-refractivity contribution is 6.32. The Balaban J connectivity index is 0.00000561. The number of amides is 1. The maximum Gasteiger partial charge on any atom is 0.246 e. The Morgan fingerprint density at radius 3 is 2.20 bits per heavy atom. The fourth-order valence-corrected chi connectivity index (χ4v) is 6.04. The molecule has 0 N–H and O–H groups in total. The zero-order valence-electron chi connectivity index (χ0n) is 29.5. The molecule has 1 fully saturated rings. The molecule has 5 aromatic rings. The van der Waals surface area contributed by atoms with Gasteiger partial charge in [-0.2, -0.15) is 5.26 Å². The van der Waals surface area contributed by atoms with Crippen molar-refractivity contribution in [2.75, 3.05) is 32.8 Å². The summed E-state index contributed by atoms with van der Waals surface area (Å²) in [5.74, 6) is 2.10. The number of nitrogens with zero attached hydrogens (tertiary/aromatic N) is 5. The van der Waals surface area contributed by atoms with Crippen molar-refractivity contribution >= 4 is 53.7 Å². The number of nitriles is 1. The summed E-state index contributed by atoms with van der Waals surface area (Å²) in [5.41, 5.74) is 5.48. The Kier molecular flexibility index (Phi) is 14.5. The van der Waals surface area contributed by atoms with Crippen molar-refractivity contribution in [3.63, 3.8) is 0 Å². The van der Waals surface area contributed by atoms with Gasteiger partial charge in [0.25, 0.3) is 0 Å². The summed E-state index contributed by atoms with van der Waals surface area (Å²) in [6, 6.07) is 28.5. The lowest BCUT2D eigenvalue weighted by atomic mass is 10.1. The number of hydrogen-bond donors (Lipinski definition) is 0. The molecular weight excluding hydrogens is 745 g/mol. The second-order valence-electron chi connectivity index (χ2n) is 12.4. The van der Waals surface area contributed by atoms with E-state index >= 15 is 0 Å². The average Bonchev–Trinajstić information content (AvgIpc) is 3.18. The molecule has 1 aliphatic heterocycles. The number of carbonyl (C=O) groups excluding carboxylic acids is 1. The predicted octanol–water partition coefficient (Wildman–Crippen LogP) is 9.21. The summed E-state index contributed by atoms with van der Waals surface area (Å²) in [6.07, 6.45) is 10.6. The number of pyridine rings is 2. The molecule has 12 heteroatoms. The molecule has 1 aliphatic rings. The molecule has 0 saturated carbocycles.